The Morgan fingerprint density at radius 3 is 2.24 bits per heavy atom. The molecule has 0 radical (unpaired) electrons. The summed E-state index contributed by atoms with van der Waals surface area (Å²) in [6, 6.07) is 0.602. The highest BCUT2D eigenvalue weighted by atomic mass is 15.3. The number of hydrogen-bond donors (Lipinski definition) is 1. The zero-order valence-corrected chi connectivity index (χ0v) is 11.7. The third kappa shape index (κ3) is 2.33. The highest BCUT2D eigenvalue weighted by molar-refractivity contribution is 5.53. The summed E-state index contributed by atoms with van der Waals surface area (Å²) < 4.78 is 1.97. The van der Waals surface area contributed by atoms with Crippen molar-refractivity contribution in [1.82, 2.24) is 9.78 Å². The van der Waals surface area contributed by atoms with Crippen molar-refractivity contribution in [1.29, 1.82) is 0 Å². The van der Waals surface area contributed by atoms with E-state index in [1.807, 2.05) is 11.7 Å². The van der Waals surface area contributed by atoms with Gasteiger partial charge in [0.25, 0.3) is 0 Å². The minimum absolute atomic E-state index is 0.602. The van der Waals surface area contributed by atoms with E-state index in [-0.39, 0.29) is 0 Å². The van der Waals surface area contributed by atoms with Gasteiger partial charge in [-0.2, -0.15) is 5.10 Å². The van der Waals surface area contributed by atoms with E-state index in [1.165, 1.54) is 30.6 Å². The summed E-state index contributed by atoms with van der Waals surface area (Å²) in [4.78, 5) is 0. The molecule has 1 aromatic rings. The Morgan fingerprint density at radius 2 is 1.76 bits per heavy atom. The predicted molar refractivity (Wildman–Crippen MR) is 72.3 cm³/mol. The van der Waals surface area contributed by atoms with Crippen LogP contribution < -0.4 is 5.32 Å². The fourth-order valence-corrected chi connectivity index (χ4v) is 3.12. The zero-order chi connectivity index (χ0) is 12.6. The molecule has 1 aliphatic rings. The molecule has 3 heteroatoms. The summed E-state index contributed by atoms with van der Waals surface area (Å²) in [7, 11) is 2.02. The van der Waals surface area contributed by atoms with E-state index in [4.69, 9.17) is 0 Å². The summed E-state index contributed by atoms with van der Waals surface area (Å²) in [5.74, 6) is 1.52. The molecule has 0 bridgehead atoms. The summed E-state index contributed by atoms with van der Waals surface area (Å²) >= 11 is 0. The Morgan fingerprint density at radius 1 is 1.18 bits per heavy atom. The highest BCUT2D eigenvalue weighted by Gasteiger charge is 2.28. The number of aryl methyl sites for hydroxylation is 2. The fourth-order valence-electron chi connectivity index (χ4n) is 3.12. The quantitative estimate of drug-likeness (QED) is 0.852. The number of nitrogens with zero attached hydrogens (tertiary/aromatic N) is 2. The smallest absolute Gasteiger partial charge is 0.0827 e. The van der Waals surface area contributed by atoms with Crippen LogP contribution in [0.5, 0.6) is 0 Å². The van der Waals surface area contributed by atoms with Crippen molar-refractivity contribution in [3.8, 4) is 0 Å². The first-order chi connectivity index (χ1) is 8.00. The van der Waals surface area contributed by atoms with Crippen LogP contribution in [0.1, 0.15) is 44.5 Å². The number of anilines is 1. The molecule has 2 rings (SSSR count). The molecule has 96 valence electrons. The maximum Gasteiger partial charge on any atom is 0.0827 e. The number of nitrogens with one attached hydrogen (secondary N) is 1. The molecule has 0 aromatic carbocycles. The van der Waals surface area contributed by atoms with Crippen LogP contribution in [-0.2, 0) is 7.05 Å². The van der Waals surface area contributed by atoms with Crippen molar-refractivity contribution in [3.63, 3.8) is 0 Å². The molecule has 0 spiro atoms. The van der Waals surface area contributed by atoms with Crippen LogP contribution >= 0.6 is 0 Å². The highest BCUT2D eigenvalue weighted by Crippen LogP contribution is 2.32. The van der Waals surface area contributed by atoms with Gasteiger partial charge in [0.2, 0.25) is 0 Å². The zero-order valence-electron chi connectivity index (χ0n) is 11.7. The van der Waals surface area contributed by atoms with Crippen LogP contribution in [0.4, 0.5) is 5.69 Å². The second kappa shape index (κ2) is 4.71. The maximum atomic E-state index is 4.48. The van der Waals surface area contributed by atoms with Crippen LogP contribution in [-0.4, -0.2) is 15.8 Å². The van der Waals surface area contributed by atoms with Gasteiger partial charge in [-0.1, -0.05) is 20.3 Å². The summed E-state index contributed by atoms with van der Waals surface area (Å²) in [5.41, 5.74) is 3.61. The number of hydrogen-bond acceptors (Lipinski definition) is 2. The van der Waals surface area contributed by atoms with E-state index < -0.39 is 0 Å². The summed E-state index contributed by atoms with van der Waals surface area (Å²) in [5, 5.41) is 8.23. The van der Waals surface area contributed by atoms with Crippen LogP contribution in [0.3, 0.4) is 0 Å². The Kier molecular flexibility index (Phi) is 3.45. The van der Waals surface area contributed by atoms with Crippen molar-refractivity contribution < 1.29 is 0 Å². The van der Waals surface area contributed by atoms with Gasteiger partial charge in [0.1, 0.15) is 0 Å². The first-order valence-electron chi connectivity index (χ1n) is 6.77. The lowest BCUT2D eigenvalue weighted by Gasteiger charge is -2.36. The molecule has 0 aliphatic heterocycles. The maximum absolute atomic E-state index is 4.48. The van der Waals surface area contributed by atoms with Crippen LogP contribution in [0.2, 0.25) is 0 Å². The SMILES string of the molecule is Cc1nn(C)c(C)c1NC1C(C)CCCC1C. The molecular formula is C14H25N3. The van der Waals surface area contributed by atoms with E-state index in [0.717, 1.165) is 17.5 Å². The van der Waals surface area contributed by atoms with E-state index in [1.54, 1.807) is 0 Å². The Labute approximate surface area is 105 Å². The second-order valence-corrected chi connectivity index (χ2v) is 5.73. The lowest BCUT2D eigenvalue weighted by molar-refractivity contribution is 0.268. The van der Waals surface area contributed by atoms with Gasteiger partial charge in [0.15, 0.2) is 0 Å². The molecule has 2 unspecified atom stereocenters. The average molecular weight is 235 g/mol. The molecule has 1 N–H and O–H groups in total. The van der Waals surface area contributed by atoms with E-state index >= 15 is 0 Å². The number of rotatable bonds is 2. The molecule has 3 nitrogen and oxygen atoms in total. The van der Waals surface area contributed by atoms with Gasteiger partial charge in [-0.05, 0) is 38.5 Å². The molecular weight excluding hydrogens is 210 g/mol. The van der Waals surface area contributed by atoms with Gasteiger partial charge in [-0.15, -0.1) is 0 Å². The van der Waals surface area contributed by atoms with Crippen molar-refractivity contribution in [3.05, 3.63) is 11.4 Å². The predicted octanol–water partition coefficient (Wildman–Crippen LogP) is 3.27. The first-order valence-corrected chi connectivity index (χ1v) is 6.77. The standard InChI is InChI=1S/C14H25N3/c1-9-7-6-8-10(2)13(9)15-14-11(3)16-17(5)12(14)4/h9-10,13,15H,6-8H2,1-5H3. The normalized spacial score (nSPS) is 29.4. The second-order valence-electron chi connectivity index (χ2n) is 5.73. The minimum Gasteiger partial charge on any atom is -0.379 e. The van der Waals surface area contributed by atoms with Gasteiger partial charge in [-0.25, -0.2) is 0 Å². The van der Waals surface area contributed by atoms with Crippen molar-refractivity contribution in [2.45, 2.75) is 53.0 Å². The topological polar surface area (TPSA) is 29.9 Å². The number of aromatic nitrogens is 2. The molecule has 1 heterocycles. The monoisotopic (exact) mass is 235 g/mol. The molecule has 2 atom stereocenters. The van der Waals surface area contributed by atoms with Gasteiger partial charge in [-0.3, -0.25) is 4.68 Å². The van der Waals surface area contributed by atoms with Gasteiger partial charge in [0.05, 0.1) is 17.1 Å². The van der Waals surface area contributed by atoms with E-state index in [0.29, 0.717) is 6.04 Å². The Balaban J connectivity index is 2.19. The Hall–Kier alpha value is -0.990. The molecule has 1 fully saturated rings. The first kappa shape index (κ1) is 12.5. The third-order valence-electron chi connectivity index (χ3n) is 4.37. The van der Waals surface area contributed by atoms with Crippen LogP contribution in [0, 0.1) is 25.7 Å². The summed E-state index contributed by atoms with van der Waals surface area (Å²) in [6.45, 7) is 8.97. The fraction of sp³-hybridized carbons (Fsp3) is 0.786. The molecule has 1 aromatic heterocycles. The molecule has 0 saturated heterocycles. The van der Waals surface area contributed by atoms with Crippen molar-refractivity contribution in [2.24, 2.45) is 18.9 Å². The molecule has 0 amide bonds. The average Bonchev–Trinajstić information content (AvgIpc) is 2.49. The van der Waals surface area contributed by atoms with Crippen molar-refractivity contribution >= 4 is 5.69 Å². The Bertz CT molecular complexity index is 384. The van der Waals surface area contributed by atoms with Crippen LogP contribution in [0.25, 0.3) is 0 Å². The van der Waals surface area contributed by atoms with E-state index in [9.17, 15) is 0 Å². The molecule has 17 heavy (non-hydrogen) atoms. The lowest BCUT2D eigenvalue weighted by Crippen LogP contribution is -2.37. The largest absolute Gasteiger partial charge is 0.379 e. The van der Waals surface area contributed by atoms with Crippen LogP contribution in [0.15, 0.2) is 0 Å². The van der Waals surface area contributed by atoms with Gasteiger partial charge in [0, 0.05) is 13.1 Å². The summed E-state index contributed by atoms with van der Waals surface area (Å²) in [6.07, 6.45) is 4.08. The lowest BCUT2D eigenvalue weighted by atomic mass is 9.78. The van der Waals surface area contributed by atoms with Crippen molar-refractivity contribution in [2.75, 3.05) is 5.32 Å². The van der Waals surface area contributed by atoms with E-state index in [2.05, 4.69) is 38.1 Å². The van der Waals surface area contributed by atoms with Gasteiger partial charge < -0.3 is 5.32 Å². The third-order valence-corrected chi connectivity index (χ3v) is 4.37. The minimum atomic E-state index is 0.602. The molecule has 1 saturated carbocycles. The molecule has 1 aliphatic carbocycles. The van der Waals surface area contributed by atoms with Gasteiger partial charge >= 0.3 is 0 Å².